The van der Waals surface area contributed by atoms with Crippen LogP contribution < -0.4 is 14.8 Å². The zero-order chi connectivity index (χ0) is 28.1. The van der Waals surface area contributed by atoms with E-state index in [1.807, 2.05) is 56.3 Å². The van der Waals surface area contributed by atoms with Crippen molar-refractivity contribution < 1.29 is 24.2 Å². The van der Waals surface area contributed by atoms with E-state index in [-0.39, 0.29) is 12.3 Å². The Morgan fingerprint density at radius 3 is 2.33 bits per heavy atom. The number of fused-ring (bicyclic) bond motifs is 3. The lowest BCUT2D eigenvalue weighted by Crippen LogP contribution is -2.32. The van der Waals surface area contributed by atoms with Gasteiger partial charge in [0.15, 0.2) is 11.5 Å². The molecule has 2 N–H and O–H groups in total. The molecule has 2 heterocycles. The summed E-state index contributed by atoms with van der Waals surface area (Å²) < 4.78 is 12.2. The van der Waals surface area contributed by atoms with Gasteiger partial charge in [-0.25, -0.2) is 0 Å². The fourth-order valence-corrected chi connectivity index (χ4v) is 5.74. The highest BCUT2D eigenvalue weighted by Gasteiger charge is 2.42. The van der Waals surface area contributed by atoms with Crippen LogP contribution in [0, 0.1) is 0 Å². The summed E-state index contributed by atoms with van der Waals surface area (Å²) >= 11 is 0. The molecule has 3 aromatic rings. The first-order valence-electron chi connectivity index (χ1n) is 13.1. The highest BCUT2D eigenvalue weighted by atomic mass is 16.5. The molecule has 202 valence electrons. The van der Waals surface area contributed by atoms with E-state index < -0.39 is 17.1 Å². The molecule has 2 aliphatic heterocycles. The molecular formula is C32H34N2O5. The SMILES string of the molecule is COc1c(CC(=O)O)c2c(c3c1OC(C)(C)C3)C(c1cccc(-c3ccc(NC(C)=O)cc3)c1)=NC(C)(C)C2. The molecule has 39 heavy (non-hydrogen) atoms. The molecule has 5 rings (SSSR count). The number of aliphatic carboxylic acids is 1. The maximum atomic E-state index is 12.0. The van der Waals surface area contributed by atoms with Crippen molar-refractivity contribution in [1.82, 2.24) is 0 Å². The second-order valence-corrected chi connectivity index (χ2v) is 11.6. The number of ether oxygens (including phenoxy) is 2. The maximum absolute atomic E-state index is 12.0. The van der Waals surface area contributed by atoms with Crippen molar-refractivity contribution >= 4 is 23.3 Å². The van der Waals surface area contributed by atoms with Gasteiger partial charge in [-0.05, 0) is 69.0 Å². The summed E-state index contributed by atoms with van der Waals surface area (Å²) in [6.07, 6.45) is 1.10. The van der Waals surface area contributed by atoms with Gasteiger partial charge >= 0.3 is 5.97 Å². The molecule has 0 spiro atoms. The average Bonchev–Trinajstić information content (AvgIpc) is 3.17. The third-order valence-corrected chi connectivity index (χ3v) is 7.17. The van der Waals surface area contributed by atoms with Gasteiger partial charge in [0, 0.05) is 41.3 Å². The van der Waals surface area contributed by atoms with E-state index in [0.717, 1.165) is 44.8 Å². The predicted molar refractivity (Wildman–Crippen MR) is 152 cm³/mol. The Hall–Kier alpha value is -4.13. The van der Waals surface area contributed by atoms with Crippen LogP contribution in [-0.2, 0) is 28.9 Å². The van der Waals surface area contributed by atoms with Gasteiger partial charge in [0.2, 0.25) is 5.91 Å². The molecular weight excluding hydrogens is 492 g/mol. The van der Waals surface area contributed by atoms with Crippen LogP contribution in [-0.4, -0.2) is 40.9 Å². The smallest absolute Gasteiger partial charge is 0.307 e. The molecule has 0 saturated carbocycles. The molecule has 0 aromatic heterocycles. The van der Waals surface area contributed by atoms with Crippen molar-refractivity contribution in [3.8, 4) is 22.6 Å². The van der Waals surface area contributed by atoms with Gasteiger partial charge in [0.25, 0.3) is 0 Å². The normalized spacial score (nSPS) is 16.4. The van der Waals surface area contributed by atoms with E-state index in [2.05, 4.69) is 25.2 Å². The third-order valence-electron chi connectivity index (χ3n) is 7.17. The standard InChI is InChI=1S/C32H34N2O5/c1-18(35)33-22-12-10-19(11-13-22)20-8-7-9-21(14-20)28-27-24(16-31(2,3)34-28)23(15-26(36)37)29(38-6)30-25(27)17-32(4,5)39-30/h7-14H,15-17H2,1-6H3,(H,33,35)(H,36,37). The van der Waals surface area contributed by atoms with Crippen LogP contribution in [0.2, 0.25) is 0 Å². The molecule has 7 nitrogen and oxygen atoms in total. The van der Waals surface area contributed by atoms with Gasteiger partial charge < -0.3 is 19.9 Å². The topological polar surface area (TPSA) is 97.2 Å². The molecule has 1 amide bonds. The number of anilines is 1. The van der Waals surface area contributed by atoms with E-state index in [4.69, 9.17) is 14.5 Å². The van der Waals surface area contributed by atoms with Crippen LogP contribution >= 0.6 is 0 Å². The maximum Gasteiger partial charge on any atom is 0.307 e. The minimum absolute atomic E-state index is 0.111. The Morgan fingerprint density at radius 2 is 1.69 bits per heavy atom. The largest absolute Gasteiger partial charge is 0.493 e. The zero-order valence-electron chi connectivity index (χ0n) is 23.3. The first kappa shape index (κ1) is 26.5. The summed E-state index contributed by atoms with van der Waals surface area (Å²) in [7, 11) is 1.58. The van der Waals surface area contributed by atoms with Crippen molar-refractivity contribution in [2.45, 2.75) is 65.0 Å². The summed E-state index contributed by atoms with van der Waals surface area (Å²) in [6.45, 7) is 9.70. The number of hydrogen-bond donors (Lipinski definition) is 2. The average molecular weight is 527 g/mol. The lowest BCUT2D eigenvalue weighted by molar-refractivity contribution is -0.136. The minimum atomic E-state index is -0.917. The van der Waals surface area contributed by atoms with E-state index in [1.165, 1.54) is 6.92 Å². The highest BCUT2D eigenvalue weighted by molar-refractivity contribution is 6.17. The number of hydrogen-bond acceptors (Lipinski definition) is 5. The number of methoxy groups -OCH3 is 1. The molecule has 0 unspecified atom stereocenters. The van der Waals surface area contributed by atoms with Gasteiger partial charge in [-0.2, -0.15) is 0 Å². The van der Waals surface area contributed by atoms with Crippen LogP contribution in [0.15, 0.2) is 53.5 Å². The summed E-state index contributed by atoms with van der Waals surface area (Å²) in [5.74, 6) is 0.107. The lowest BCUT2D eigenvalue weighted by atomic mass is 9.78. The van der Waals surface area contributed by atoms with Crippen LogP contribution in [0.1, 0.15) is 62.4 Å². The Morgan fingerprint density at radius 1 is 1.00 bits per heavy atom. The van der Waals surface area contributed by atoms with Gasteiger partial charge in [0.05, 0.1) is 24.8 Å². The Bertz CT molecular complexity index is 1520. The number of amides is 1. The van der Waals surface area contributed by atoms with E-state index >= 15 is 0 Å². The quantitative estimate of drug-likeness (QED) is 0.421. The highest BCUT2D eigenvalue weighted by Crippen LogP contribution is 2.50. The number of rotatable bonds is 6. The van der Waals surface area contributed by atoms with Gasteiger partial charge in [-0.1, -0.05) is 30.3 Å². The number of carbonyl (C=O) groups is 2. The van der Waals surface area contributed by atoms with Crippen LogP contribution in [0.4, 0.5) is 5.69 Å². The number of aliphatic imine (C=N–C) groups is 1. The molecule has 0 radical (unpaired) electrons. The predicted octanol–water partition coefficient (Wildman–Crippen LogP) is 5.83. The summed E-state index contributed by atoms with van der Waals surface area (Å²) in [4.78, 5) is 28.6. The third kappa shape index (κ3) is 5.13. The number of carboxylic acids is 1. The number of nitrogens with zero attached hydrogens (tertiary/aromatic N) is 1. The van der Waals surface area contributed by atoms with Crippen LogP contribution in [0.3, 0.4) is 0 Å². The van der Waals surface area contributed by atoms with Gasteiger partial charge in [-0.3, -0.25) is 14.6 Å². The van der Waals surface area contributed by atoms with Crippen molar-refractivity contribution in [2.75, 3.05) is 12.4 Å². The molecule has 7 heteroatoms. The Kier molecular flexibility index (Phi) is 6.49. The monoisotopic (exact) mass is 526 g/mol. The number of carbonyl (C=O) groups excluding carboxylic acids is 1. The van der Waals surface area contributed by atoms with Gasteiger partial charge in [0.1, 0.15) is 5.60 Å². The fourth-order valence-electron chi connectivity index (χ4n) is 5.74. The fraction of sp³-hybridized carbons (Fsp3) is 0.344. The number of carboxylic acid groups (broad SMARTS) is 1. The molecule has 0 bridgehead atoms. The first-order chi connectivity index (χ1) is 18.4. The molecule has 2 aliphatic rings. The van der Waals surface area contributed by atoms with Crippen molar-refractivity contribution in [2.24, 2.45) is 4.99 Å². The van der Waals surface area contributed by atoms with Crippen molar-refractivity contribution in [3.63, 3.8) is 0 Å². The molecule has 3 aromatic carbocycles. The van der Waals surface area contributed by atoms with E-state index in [1.54, 1.807) is 7.11 Å². The second kappa shape index (κ2) is 9.56. The Balaban J connectivity index is 1.69. The summed E-state index contributed by atoms with van der Waals surface area (Å²) in [6, 6.07) is 16.0. The lowest BCUT2D eigenvalue weighted by Gasteiger charge is -2.33. The van der Waals surface area contributed by atoms with E-state index in [0.29, 0.717) is 29.9 Å². The minimum Gasteiger partial charge on any atom is -0.493 e. The molecule has 0 fully saturated rings. The molecule has 0 atom stereocenters. The first-order valence-corrected chi connectivity index (χ1v) is 13.1. The molecule has 0 aliphatic carbocycles. The summed E-state index contributed by atoms with van der Waals surface area (Å²) in [5, 5.41) is 12.6. The number of nitrogens with one attached hydrogen (secondary N) is 1. The molecule has 0 saturated heterocycles. The number of benzene rings is 3. The van der Waals surface area contributed by atoms with E-state index in [9.17, 15) is 14.7 Å². The van der Waals surface area contributed by atoms with Crippen molar-refractivity contribution in [3.05, 3.63) is 76.3 Å². The zero-order valence-corrected chi connectivity index (χ0v) is 23.3. The second-order valence-electron chi connectivity index (χ2n) is 11.6. The van der Waals surface area contributed by atoms with Crippen LogP contribution in [0.5, 0.6) is 11.5 Å². The summed E-state index contributed by atoms with van der Waals surface area (Å²) in [5.41, 5.74) is 7.25. The van der Waals surface area contributed by atoms with Crippen LogP contribution in [0.25, 0.3) is 11.1 Å². The van der Waals surface area contributed by atoms with Gasteiger partial charge in [-0.15, -0.1) is 0 Å². The Labute approximate surface area is 228 Å². The van der Waals surface area contributed by atoms with Crippen molar-refractivity contribution in [1.29, 1.82) is 0 Å².